The van der Waals surface area contributed by atoms with Gasteiger partial charge < -0.3 is 24.3 Å². The smallest absolute Gasteiger partial charge is 0.271 e. The number of aryl methyl sites for hydroxylation is 1. The molecule has 0 aromatic heterocycles. The molecule has 2 amide bonds. The summed E-state index contributed by atoms with van der Waals surface area (Å²) in [4.78, 5) is 25.3. The standard InChI is InChI=1S/C33H32IN3O6/c1-4-41-29-18-25(14-15-28(29)42-20-23-11-6-5-7-12-23)33(39)37-35-19-24-16-26(34)32(30(17-24)40-3)43-21-31(38)36-27-13-9-8-10-22(27)2/h5-19H,4,20-21H2,1-3H3,(H,36,38)(H,37,39)/b35-19+. The van der Waals surface area contributed by atoms with Crippen LogP contribution in [0.15, 0.2) is 90.0 Å². The lowest BCUT2D eigenvalue weighted by atomic mass is 10.2. The van der Waals surface area contributed by atoms with E-state index in [1.54, 1.807) is 30.3 Å². The van der Waals surface area contributed by atoms with Crippen LogP contribution in [0, 0.1) is 10.5 Å². The molecule has 0 heterocycles. The predicted octanol–water partition coefficient (Wildman–Crippen LogP) is 6.37. The molecule has 43 heavy (non-hydrogen) atoms. The van der Waals surface area contributed by atoms with Crippen molar-refractivity contribution >= 4 is 46.3 Å². The Morgan fingerprint density at radius 1 is 0.884 bits per heavy atom. The lowest BCUT2D eigenvalue weighted by molar-refractivity contribution is -0.118. The largest absolute Gasteiger partial charge is 0.493 e. The molecule has 0 unspecified atom stereocenters. The van der Waals surface area contributed by atoms with Crippen molar-refractivity contribution in [1.82, 2.24) is 5.43 Å². The molecule has 0 aliphatic carbocycles. The predicted molar refractivity (Wildman–Crippen MR) is 174 cm³/mol. The van der Waals surface area contributed by atoms with Crippen molar-refractivity contribution in [3.8, 4) is 23.0 Å². The number of rotatable bonds is 13. The molecule has 0 atom stereocenters. The van der Waals surface area contributed by atoms with Gasteiger partial charge in [0.25, 0.3) is 11.8 Å². The fraction of sp³-hybridized carbons (Fsp3) is 0.182. The van der Waals surface area contributed by atoms with Crippen LogP contribution in [0.1, 0.15) is 34.0 Å². The van der Waals surface area contributed by atoms with Crippen molar-refractivity contribution < 1.29 is 28.5 Å². The van der Waals surface area contributed by atoms with Crippen molar-refractivity contribution in [3.05, 3.63) is 111 Å². The Morgan fingerprint density at radius 3 is 2.40 bits per heavy atom. The van der Waals surface area contributed by atoms with Gasteiger partial charge in [0.05, 0.1) is 23.5 Å². The summed E-state index contributed by atoms with van der Waals surface area (Å²) in [6.07, 6.45) is 1.50. The summed E-state index contributed by atoms with van der Waals surface area (Å²) in [7, 11) is 1.51. The first-order chi connectivity index (χ1) is 20.9. The molecule has 9 nitrogen and oxygen atoms in total. The van der Waals surface area contributed by atoms with Crippen molar-refractivity contribution in [3.63, 3.8) is 0 Å². The van der Waals surface area contributed by atoms with Crippen LogP contribution >= 0.6 is 22.6 Å². The monoisotopic (exact) mass is 693 g/mol. The highest BCUT2D eigenvalue weighted by atomic mass is 127. The molecule has 2 N–H and O–H groups in total. The van der Waals surface area contributed by atoms with Gasteiger partial charge in [0, 0.05) is 11.3 Å². The van der Waals surface area contributed by atoms with E-state index in [4.69, 9.17) is 18.9 Å². The minimum Gasteiger partial charge on any atom is -0.493 e. The second-order valence-corrected chi connectivity index (χ2v) is 10.4. The molecule has 4 rings (SSSR count). The van der Waals surface area contributed by atoms with Gasteiger partial charge in [-0.05, 0) is 89.5 Å². The summed E-state index contributed by atoms with van der Waals surface area (Å²) in [6.45, 7) is 4.39. The number of benzene rings is 4. The zero-order valence-electron chi connectivity index (χ0n) is 24.1. The summed E-state index contributed by atoms with van der Waals surface area (Å²) in [5, 5.41) is 6.95. The number of para-hydroxylation sites is 1. The first-order valence-corrected chi connectivity index (χ1v) is 14.6. The van der Waals surface area contributed by atoms with Crippen LogP contribution in [0.4, 0.5) is 5.69 Å². The zero-order valence-corrected chi connectivity index (χ0v) is 26.2. The number of carbonyl (C=O) groups excluding carboxylic acids is 2. The van der Waals surface area contributed by atoms with E-state index in [9.17, 15) is 9.59 Å². The van der Waals surface area contributed by atoms with E-state index in [1.165, 1.54) is 13.3 Å². The van der Waals surface area contributed by atoms with Gasteiger partial charge in [0.2, 0.25) is 0 Å². The number of hydrogen-bond donors (Lipinski definition) is 2. The molecule has 0 aliphatic heterocycles. The van der Waals surface area contributed by atoms with Crippen molar-refractivity contribution in [2.24, 2.45) is 5.10 Å². The molecular weight excluding hydrogens is 661 g/mol. The number of hydrogen-bond acceptors (Lipinski definition) is 7. The van der Waals surface area contributed by atoms with Crippen LogP contribution in [0.3, 0.4) is 0 Å². The van der Waals surface area contributed by atoms with Crippen LogP contribution in [-0.4, -0.2) is 38.4 Å². The number of anilines is 1. The number of nitrogens with zero attached hydrogens (tertiary/aromatic N) is 1. The Morgan fingerprint density at radius 2 is 1.65 bits per heavy atom. The van der Waals surface area contributed by atoms with Crippen LogP contribution in [0.2, 0.25) is 0 Å². The molecule has 0 radical (unpaired) electrons. The molecule has 0 bridgehead atoms. The van der Waals surface area contributed by atoms with Crippen LogP contribution in [0.5, 0.6) is 23.0 Å². The molecule has 4 aromatic rings. The van der Waals surface area contributed by atoms with Crippen molar-refractivity contribution in [1.29, 1.82) is 0 Å². The number of methoxy groups -OCH3 is 1. The van der Waals surface area contributed by atoms with Gasteiger partial charge in [-0.15, -0.1) is 0 Å². The normalized spacial score (nSPS) is 10.7. The molecular formula is C33H32IN3O6. The lowest BCUT2D eigenvalue weighted by Gasteiger charge is -2.14. The van der Waals surface area contributed by atoms with Crippen molar-refractivity contribution in [2.45, 2.75) is 20.5 Å². The van der Waals surface area contributed by atoms with Gasteiger partial charge >= 0.3 is 0 Å². The number of hydrazone groups is 1. The first kappa shape index (κ1) is 31.4. The summed E-state index contributed by atoms with van der Waals surface area (Å²) < 4.78 is 23.6. The Bertz CT molecular complexity index is 1590. The van der Waals surface area contributed by atoms with E-state index in [0.717, 1.165) is 16.8 Å². The Labute approximate surface area is 264 Å². The summed E-state index contributed by atoms with van der Waals surface area (Å²) in [5.41, 5.74) is 6.28. The first-order valence-electron chi connectivity index (χ1n) is 13.5. The third-order valence-corrected chi connectivity index (χ3v) is 6.94. The molecule has 0 saturated heterocycles. The molecule has 10 heteroatoms. The summed E-state index contributed by atoms with van der Waals surface area (Å²) >= 11 is 2.10. The average Bonchev–Trinajstić information content (AvgIpc) is 3.01. The average molecular weight is 694 g/mol. The minimum atomic E-state index is -0.409. The third kappa shape index (κ3) is 8.95. The fourth-order valence-electron chi connectivity index (χ4n) is 3.99. The van der Waals surface area contributed by atoms with E-state index in [0.29, 0.717) is 50.9 Å². The van der Waals surface area contributed by atoms with Gasteiger partial charge in [0.1, 0.15) is 6.61 Å². The van der Waals surface area contributed by atoms with E-state index in [2.05, 4.69) is 38.4 Å². The Balaban J connectivity index is 1.37. The van der Waals surface area contributed by atoms with Crippen molar-refractivity contribution in [2.75, 3.05) is 25.6 Å². The van der Waals surface area contributed by atoms with E-state index >= 15 is 0 Å². The van der Waals surface area contributed by atoms with Gasteiger partial charge in [-0.2, -0.15) is 5.10 Å². The number of carbonyl (C=O) groups is 2. The Hall–Kier alpha value is -4.58. The minimum absolute atomic E-state index is 0.190. The maximum Gasteiger partial charge on any atom is 0.271 e. The third-order valence-electron chi connectivity index (χ3n) is 6.14. The molecule has 4 aromatic carbocycles. The number of amides is 2. The van der Waals surface area contributed by atoms with E-state index < -0.39 is 5.91 Å². The van der Waals surface area contributed by atoms with E-state index in [-0.39, 0.29) is 12.5 Å². The number of ether oxygens (including phenoxy) is 4. The Kier molecular flexibility index (Phi) is 11.4. The highest BCUT2D eigenvalue weighted by molar-refractivity contribution is 14.1. The maximum atomic E-state index is 12.8. The summed E-state index contributed by atoms with van der Waals surface area (Å²) in [5.74, 6) is 1.18. The van der Waals surface area contributed by atoms with E-state index in [1.807, 2.05) is 68.4 Å². The maximum absolute atomic E-state index is 12.8. The number of nitrogens with one attached hydrogen (secondary N) is 2. The number of halogens is 1. The van der Waals surface area contributed by atoms with Gasteiger partial charge in [-0.25, -0.2) is 5.43 Å². The molecule has 222 valence electrons. The van der Waals surface area contributed by atoms with Crippen LogP contribution in [-0.2, 0) is 11.4 Å². The quantitative estimate of drug-likeness (QED) is 0.0959. The SMILES string of the molecule is CCOc1cc(C(=O)N/N=C/c2cc(I)c(OCC(=O)Nc3ccccc3C)c(OC)c2)ccc1OCc1ccccc1. The zero-order chi connectivity index (χ0) is 30.6. The van der Waals surface area contributed by atoms with Gasteiger partial charge in [0.15, 0.2) is 29.6 Å². The second kappa shape index (κ2) is 15.6. The molecule has 0 aliphatic rings. The lowest BCUT2D eigenvalue weighted by Crippen LogP contribution is -2.21. The molecule has 0 spiro atoms. The highest BCUT2D eigenvalue weighted by Crippen LogP contribution is 2.34. The van der Waals surface area contributed by atoms with Gasteiger partial charge in [-0.3, -0.25) is 9.59 Å². The molecule has 0 fully saturated rings. The highest BCUT2D eigenvalue weighted by Gasteiger charge is 2.15. The summed E-state index contributed by atoms with van der Waals surface area (Å²) in [6, 6.07) is 25.8. The molecule has 0 saturated carbocycles. The van der Waals surface area contributed by atoms with Crippen LogP contribution in [0.25, 0.3) is 0 Å². The fourth-order valence-corrected chi connectivity index (χ4v) is 4.77. The topological polar surface area (TPSA) is 107 Å². The second-order valence-electron chi connectivity index (χ2n) is 9.25. The van der Waals surface area contributed by atoms with Gasteiger partial charge in [-0.1, -0.05) is 48.5 Å². The van der Waals surface area contributed by atoms with Crippen LogP contribution < -0.4 is 29.7 Å².